The summed E-state index contributed by atoms with van der Waals surface area (Å²) in [5.41, 5.74) is 2.77. The minimum atomic E-state index is -0.521. The van der Waals surface area contributed by atoms with E-state index in [-0.39, 0.29) is 30.2 Å². The molecule has 0 N–H and O–H groups in total. The van der Waals surface area contributed by atoms with Gasteiger partial charge in [0.25, 0.3) is 0 Å². The van der Waals surface area contributed by atoms with E-state index in [1.54, 1.807) is 18.2 Å². The van der Waals surface area contributed by atoms with Crippen molar-refractivity contribution in [3.8, 4) is 17.4 Å². The number of esters is 1. The van der Waals surface area contributed by atoms with Crippen molar-refractivity contribution in [2.45, 2.75) is 103 Å². The molecule has 9 heteroatoms. The fraction of sp³-hybridized carbons (Fsp3) is 0.583. The molecule has 2 heterocycles. The summed E-state index contributed by atoms with van der Waals surface area (Å²) in [5.74, 6) is 2.69. The van der Waals surface area contributed by atoms with E-state index in [0.29, 0.717) is 37.9 Å². The molecule has 1 amide bonds. The van der Waals surface area contributed by atoms with Crippen molar-refractivity contribution < 1.29 is 33.3 Å². The molecule has 0 radical (unpaired) electrons. The molecule has 3 aliphatic rings. The van der Waals surface area contributed by atoms with E-state index in [0.717, 1.165) is 73.1 Å². The van der Waals surface area contributed by atoms with Crippen LogP contribution in [0, 0.1) is 5.92 Å². The zero-order valence-corrected chi connectivity index (χ0v) is 27.4. The van der Waals surface area contributed by atoms with Crippen LogP contribution < -0.4 is 14.2 Å². The van der Waals surface area contributed by atoms with E-state index in [1.807, 2.05) is 58.0 Å². The van der Waals surface area contributed by atoms with Gasteiger partial charge >= 0.3 is 12.1 Å². The summed E-state index contributed by atoms with van der Waals surface area (Å²) in [6.07, 6.45) is 10.5. The van der Waals surface area contributed by atoms with Crippen molar-refractivity contribution in [3.05, 3.63) is 53.7 Å². The number of carbonyl (C=O) groups is 2. The molecule has 9 nitrogen and oxygen atoms in total. The number of hydrogen-bond donors (Lipinski definition) is 0. The molecular weight excluding hydrogens is 572 g/mol. The molecule has 244 valence electrons. The van der Waals surface area contributed by atoms with Crippen LogP contribution in [0.2, 0.25) is 0 Å². The third-order valence-corrected chi connectivity index (χ3v) is 8.67. The highest BCUT2D eigenvalue weighted by Crippen LogP contribution is 2.45. The predicted molar refractivity (Wildman–Crippen MR) is 172 cm³/mol. The number of pyridine rings is 1. The zero-order chi connectivity index (χ0) is 32.0. The minimum absolute atomic E-state index is 0.0567. The summed E-state index contributed by atoms with van der Waals surface area (Å²) in [5, 5.41) is 0. The normalized spacial score (nSPS) is 20.9. The highest BCUT2D eigenvalue weighted by molar-refractivity contribution is 5.75. The Kier molecular flexibility index (Phi) is 10.6. The second kappa shape index (κ2) is 14.6. The van der Waals surface area contributed by atoms with Crippen molar-refractivity contribution in [2.24, 2.45) is 5.92 Å². The van der Waals surface area contributed by atoms with Crippen LogP contribution in [0.25, 0.3) is 5.57 Å². The quantitative estimate of drug-likeness (QED) is 0.241. The lowest BCUT2D eigenvalue weighted by Gasteiger charge is -2.31. The number of aromatic nitrogens is 1. The number of ether oxygens (including phenoxy) is 5. The van der Waals surface area contributed by atoms with Crippen molar-refractivity contribution in [1.29, 1.82) is 0 Å². The first-order valence-electron chi connectivity index (χ1n) is 16.4. The Bertz CT molecular complexity index is 1360. The molecule has 1 aliphatic heterocycles. The van der Waals surface area contributed by atoms with Gasteiger partial charge in [-0.05, 0) is 114 Å². The number of nitrogens with zero attached hydrogens (tertiary/aromatic N) is 2. The molecule has 0 bridgehead atoms. The highest BCUT2D eigenvalue weighted by Gasteiger charge is 2.35. The number of rotatable bonds is 11. The molecule has 1 aromatic heterocycles. The Morgan fingerprint density at radius 2 is 1.73 bits per heavy atom. The summed E-state index contributed by atoms with van der Waals surface area (Å²) < 4.78 is 29.3. The number of benzene rings is 1. The molecule has 0 spiro atoms. The van der Waals surface area contributed by atoms with E-state index in [2.05, 4.69) is 11.1 Å². The summed E-state index contributed by atoms with van der Waals surface area (Å²) in [4.78, 5) is 31.0. The van der Waals surface area contributed by atoms with Gasteiger partial charge in [0.2, 0.25) is 5.88 Å². The van der Waals surface area contributed by atoms with Gasteiger partial charge in [0.05, 0.1) is 26.2 Å². The molecule has 1 atom stereocenters. The average Bonchev–Trinajstić information content (AvgIpc) is 3.86. The van der Waals surface area contributed by atoms with Crippen molar-refractivity contribution >= 4 is 17.6 Å². The lowest BCUT2D eigenvalue weighted by Crippen LogP contribution is -2.39. The van der Waals surface area contributed by atoms with Gasteiger partial charge in [-0.3, -0.25) is 4.79 Å². The Labute approximate surface area is 267 Å². The second-order valence-electron chi connectivity index (χ2n) is 13.3. The number of hydrogen-bond acceptors (Lipinski definition) is 8. The number of methoxy groups -OCH3 is 1. The third-order valence-electron chi connectivity index (χ3n) is 8.67. The maximum absolute atomic E-state index is 12.6. The smallest absolute Gasteiger partial charge is 0.410 e. The van der Waals surface area contributed by atoms with Crippen LogP contribution in [-0.2, 0) is 14.3 Å². The average molecular weight is 621 g/mol. The Balaban J connectivity index is 1.18. The third kappa shape index (κ3) is 9.14. The monoisotopic (exact) mass is 620 g/mol. The van der Waals surface area contributed by atoms with Crippen LogP contribution in [0.4, 0.5) is 4.79 Å². The topological polar surface area (TPSA) is 96.4 Å². The maximum atomic E-state index is 12.6. The number of amides is 1. The largest absolute Gasteiger partial charge is 0.497 e. The summed E-state index contributed by atoms with van der Waals surface area (Å²) in [6, 6.07) is 9.97. The standard InChI is InChI=1S/C36H48N2O7/c1-6-42-34(39)23-31(24-7-8-24)26-15-18-37-33(21-26)44-28-11-9-27(10-12-28)43-32-22-29(41-5)13-14-30(32)25-16-19-38(20-17-25)35(40)45-36(2,3)4/h13-16,18,21-22,24,27-28,31H,6-12,17,19-20,23H2,1-5H3/t27-,28-,31?. The molecule has 2 aliphatic carbocycles. The molecule has 2 saturated carbocycles. The fourth-order valence-electron chi connectivity index (χ4n) is 6.19. The SMILES string of the molecule is CCOC(=O)CC(c1ccnc(O[C@H]2CC[C@H](Oc3cc(OC)ccc3C3=CCN(C(=O)OC(C)(C)C)CC3)CC2)c1)C1CC1. The predicted octanol–water partition coefficient (Wildman–Crippen LogP) is 7.33. The summed E-state index contributed by atoms with van der Waals surface area (Å²) in [7, 11) is 1.66. The van der Waals surface area contributed by atoms with Crippen molar-refractivity contribution in [3.63, 3.8) is 0 Å². The molecule has 2 fully saturated rings. The lowest BCUT2D eigenvalue weighted by molar-refractivity contribution is -0.143. The van der Waals surface area contributed by atoms with Gasteiger partial charge < -0.3 is 28.6 Å². The first-order valence-corrected chi connectivity index (χ1v) is 16.4. The van der Waals surface area contributed by atoms with Gasteiger partial charge in [-0.15, -0.1) is 0 Å². The summed E-state index contributed by atoms with van der Waals surface area (Å²) >= 11 is 0. The van der Waals surface area contributed by atoms with Gasteiger partial charge in [0, 0.05) is 37.0 Å². The first-order chi connectivity index (χ1) is 21.6. The maximum Gasteiger partial charge on any atom is 0.410 e. The minimum Gasteiger partial charge on any atom is -0.497 e. The van der Waals surface area contributed by atoms with Crippen LogP contribution in [0.1, 0.15) is 96.1 Å². The molecule has 1 aromatic carbocycles. The van der Waals surface area contributed by atoms with Gasteiger partial charge in [0.1, 0.15) is 23.2 Å². The van der Waals surface area contributed by atoms with E-state index < -0.39 is 5.60 Å². The Hall–Kier alpha value is -3.75. The van der Waals surface area contributed by atoms with Gasteiger partial charge in [-0.2, -0.15) is 0 Å². The number of carbonyl (C=O) groups excluding carboxylic acids is 2. The molecular formula is C36H48N2O7. The zero-order valence-electron chi connectivity index (χ0n) is 27.4. The van der Waals surface area contributed by atoms with E-state index in [9.17, 15) is 9.59 Å². The van der Waals surface area contributed by atoms with Crippen LogP contribution in [-0.4, -0.2) is 66.6 Å². The van der Waals surface area contributed by atoms with Gasteiger partial charge in [-0.25, -0.2) is 9.78 Å². The molecule has 5 rings (SSSR count). The first kappa shape index (κ1) is 32.6. The highest BCUT2D eigenvalue weighted by atomic mass is 16.6. The summed E-state index contributed by atoms with van der Waals surface area (Å²) in [6.45, 7) is 8.97. The Morgan fingerprint density at radius 1 is 1.00 bits per heavy atom. The van der Waals surface area contributed by atoms with Crippen LogP contribution in [0.5, 0.6) is 17.4 Å². The molecule has 1 unspecified atom stereocenters. The molecule has 45 heavy (non-hydrogen) atoms. The second-order valence-corrected chi connectivity index (χ2v) is 13.3. The lowest BCUT2D eigenvalue weighted by atomic mass is 9.91. The van der Waals surface area contributed by atoms with Crippen LogP contribution in [0.3, 0.4) is 0 Å². The van der Waals surface area contributed by atoms with E-state index >= 15 is 0 Å². The van der Waals surface area contributed by atoms with Crippen LogP contribution >= 0.6 is 0 Å². The van der Waals surface area contributed by atoms with Gasteiger partial charge in [-0.1, -0.05) is 6.08 Å². The fourth-order valence-corrected chi connectivity index (χ4v) is 6.19. The van der Waals surface area contributed by atoms with Gasteiger partial charge in [0.15, 0.2) is 0 Å². The molecule has 2 aromatic rings. The molecule has 0 saturated heterocycles. The van der Waals surface area contributed by atoms with E-state index in [1.165, 1.54) is 0 Å². The van der Waals surface area contributed by atoms with Crippen molar-refractivity contribution in [2.75, 3.05) is 26.8 Å². The van der Waals surface area contributed by atoms with Crippen molar-refractivity contribution in [1.82, 2.24) is 9.88 Å². The van der Waals surface area contributed by atoms with Crippen LogP contribution in [0.15, 0.2) is 42.6 Å². The van der Waals surface area contributed by atoms with E-state index in [4.69, 9.17) is 23.7 Å². The Morgan fingerprint density at radius 3 is 2.36 bits per heavy atom.